The molecule has 0 saturated carbocycles. The maximum atomic E-state index is 12.0. The summed E-state index contributed by atoms with van der Waals surface area (Å²) >= 11 is 11.0. The highest BCUT2D eigenvalue weighted by atomic mass is 35.5. The van der Waals surface area contributed by atoms with Gasteiger partial charge >= 0.3 is 0 Å². The van der Waals surface area contributed by atoms with E-state index in [1.165, 1.54) is 0 Å². The highest BCUT2D eigenvalue weighted by Gasteiger charge is 2.09. The summed E-state index contributed by atoms with van der Waals surface area (Å²) < 4.78 is 0. The van der Waals surface area contributed by atoms with Crippen LogP contribution in [0.5, 0.6) is 0 Å². The molecule has 0 saturated heterocycles. The van der Waals surface area contributed by atoms with E-state index < -0.39 is 0 Å². The SMILES string of the molecule is Cc1cccc(NC(=S)NC(=O)c2ccc(Cl)cc2)c1C. The maximum Gasteiger partial charge on any atom is 0.257 e. The summed E-state index contributed by atoms with van der Waals surface area (Å²) in [6.07, 6.45) is 0. The molecule has 0 heterocycles. The molecule has 5 heteroatoms. The third kappa shape index (κ3) is 4.03. The topological polar surface area (TPSA) is 41.1 Å². The minimum Gasteiger partial charge on any atom is -0.332 e. The molecule has 0 radical (unpaired) electrons. The molecular weight excluding hydrogens is 304 g/mol. The molecule has 0 aromatic heterocycles. The molecule has 2 aromatic carbocycles. The van der Waals surface area contributed by atoms with Crippen molar-refractivity contribution < 1.29 is 4.79 Å². The van der Waals surface area contributed by atoms with Gasteiger partial charge < -0.3 is 5.32 Å². The predicted molar refractivity (Wildman–Crippen MR) is 91.1 cm³/mol. The zero-order valence-electron chi connectivity index (χ0n) is 11.7. The second kappa shape index (κ2) is 6.70. The Bertz CT molecular complexity index is 683. The fourth-order valence-electron chi connectivity index (χ4n) is 1.82. The van der Waals surface area contributed by atoms with Gasteiger partial charge in [0, 0.05) is 16.3 Å². The van der Waals surface area contributed by atoms with E-state index in [1.807, 2.05) is 32.0 Å². The van der Waals surface area contributed by atoms with Gasteiger partial charge in [-0.15, -0.1) is 0 Å². The minimum atomic E-state index is -0.269. The van der Waals surface area contributed by atoms with Crippen molar-refractivity contribution in [3.05, 3.63) is 64.2 Å². The number of amides is 1. The standard InChI is InChI=1S/C16H15ClN2OS/c1-10-4-3-5-14(11(10)2)18-16(21)19-15(20)12-6-8-13(17)9-7-12/h3-9H,1-2H3,(H2,18,19,20,21). The van der Waals surface area contributed by atoms with Gasteiger partial charge in [0.15, 0.2) is 5.11 Å². The van der Waals surface area contributed by atoms with Crippen molar-refractivity contribution in [1.82, 2.24) is 5.32 Å². The van der Waals surface area contributed by atoms with Gasteiger partial charge in [-0.3, -0.25) is 10.1 Å². The Morgan fingerprint density at radius 2 is 1.76 bits per heavy atom. The summed E-state index contributed by atoms with van der Waals surface area (Å²) in [7, 11) is 0. The van der Waals surface area contributed by atoms with Crippen molar-refractivity contribution >= 4 is 40.5 Å². The Hall–Kier alpha value is -1.91. The summed E-state index contributed by atoms with van der Waals surface area (Å²) in [6.45, 7) is 4.02. The van der Waals surface area contributed by atoms with Gasteiger partial charge in [-0.2, -0.15) is 0 Å². The average Bonchev–Trinajstić information content (AvgIpc) is 2.44. The molecule has 2 rings (SSSR count). The van der Waals surface area contributed by atoms with E-state index in [2.05, 4.69) is 10.6 Å². The molecule has 0 spiro atoms. The summed E-state index contributed by atoms with van der Waals surface area (Å²) in [6, 6.07) is 12.5. The monoisotopic (exact) mass is 318 g/mol. The quantitative estimate of drug-likeness (QED) is 0.820. The summed E-state index contributed by atoms with van der Waals surface area (Å²) in [5, 5.41) is 6.54. The molecular formula is C16H15ClN2OS. The van der Waals surface area contributed by atoms with Gasteiger partial charge in [-0.1, -0.05) is 23.7 Å². The van der Waals surface area contributed by atoms with Crippen molar-refractivity contribution in [2.45, 2.75) is 13.8 Å². The average molecular weight is 319 g/mol. The third-order valence-corrected chi connectivity index (χ3v) is 3.64. The van der Waals surface area contributed by atoms with Crippen molar-refractivity contribution in [2.75, 3.05) is 5.32 Å². The molecule has 0 aliphatic heterocycles. The van der Waals surface area contributed by atoms with Crippen LogP contribution in [0.3, 0.4) is 0 Å². The molecule has 2 aromatic rings. The van der Waals surface area contributed by atoms with E-state index in [1.54, 1.807) is 24.3 Å². The highest BCUT2D eigenvalue weighted by Crippen LogP contribution is 2.17. The molecule has 108 valence electrons. The van der Waals surface area contributed by atoms with Crippen LogP contribution in [-0.4, -0.2) is 11.0 Å². The zero-order chi connectivity index (χ0) is 15.4. The summed E-state index contributed by atoms with van der Waals surface area (Å²) in [4.78, 5) is 12.0. The fourth-order valence-corrected chi connectivity index (χ4v) is 2.15. The number of halogens is 1. The van der Waals surface area contributed by atoms with E-state index in [0.29, 0.717) is 10.6 Å². The van der Waals surface area contributed by atoms with E-state index in [9.17, 15) is 4.79 Å². The number of aryl methyl sites for hydroxylation is 1. The van der Waals surface area contributed by atoms with Crippen LogP contribution in [0.2, 0.25) is 5.02 Å². The summed E-state index contributed by atoms with van der Waals surface area (Å²) in [5.41, 5.74) is 3.65. The normalized spacial score (nSPS) is 10.0. The zero-order valence-corrected chi connectivity index (χ0v) is 13.3. The highest BCUT2D eigenvalue weighted by molar-refractivity contribution is 7.80. The summed E-state index contributed by atoms with van der Waals surface area (Å²) in [5.74, 6) is -0.269. The van der Waals surface area contributed by atoms with Crippen molar-refractivity contribution in [2.24, 2.45) is 0 Å². The van der Waals surface area contributed by atoms with Gasteiger partial charge in [0.05, 0.1) is 0 Å². The molecule has 0 atom stereocenters. The van der Waals surface area contributed by atoms with Gasteiger partial charge in [-0.25, -0.2) is 0 Å². The van der Waals surface area contributed by atoms with E-state index in [4.69, 9.17) is 23.8 Å². The maximum absolute atomic E-state index is 12.0. The van der Waals surface area contributed by atoms with Gasteiger partial charge in [-0.05, 0) is 67.5 Å². The lowest BCUT2D eigenvalue weighted by Gasteiger charge is -2.13. The van der Waals surface area contributed by atoms with Gasteiger partial charge in [0.2, 0.25) is 0 Å². The molecule has 0 bridgehead atoms. The number of anilines is 1. The van der Waals surface area contributed by atoms with Crippen LogP contribution < -0.4 is 10.6 Å². The van der Waals surface area contributed by atoms with Crippen molar-refractivity contribution in [3.63, 3.8) is 0 Å². The fraction of sp³-hybridized carbons (Fsp3) is 0.125. The van der Waals surface area contributed by atoms with Crippen LogP contribution in [0.1, 0.15) is 21.5 Å². The number of rotatable bonds is 2. The molecule has 0 unspecified atom stereocenters. The van der Waals surface area contributed by atoms with Crippen LogP contribution >= 0.6 is 23.8 Å². The Morgan fingerprint density at radius 3 is 2.43 bits per heavy atom. The predicted octanol–water partition coefficient (Wildman–Crippen LogP) is 4.08. The minimum absolute atomic E-state index is 0.267. The lowest BCUT2D eigenvalue weighted by molar-refractivity contribution is 0.0978. The second-order valence-electron chi connectivity index (χ2n) is 4.66. The molecule has 0 fully saturated rings. The third-order valence-electron chi connectivity index (χ3n) is 3.19. The molecule has 1 amide bonds. The number of hydrogen-bond donors (Lipinski definition) is 2. The number of carbonyl (C=O) groups excluding carboxylic acids is 1. The molecule has 21 heavy (non-hydrogen) atoms. The Morgan fingerprint density at radius 1 is 1.10 bits per heavy atom. The van der Waals surface area contributed by atoms with E-state index >= 15 is 0 Å². The number of hydrogen-bond acceptors (Lipinski definition) is 2. The van der Waals surface area contributed by atoms with E-state index in [-0.39, 0.29) is 11.0 Å². The van der Waals surface area contributed by atoms with Crippen LogP contribution in [0, 0.1) is 13.8 Å². The lowest BCUT2D eigenvalue weighted by Crippen LogP contribution is -2.34. The number of nitrogens with one attached hydrogen (secondary N) is 2. The molecule has 0 aliphatic rings. The Balaban J connectivity index is 2.03. The van der Waals surface area contributed by atoms with Crippen LogP contribution in [0.4, 0.5) is 5.69 Å². The van der Waals surface area contributed by atoms with Crippen molar-refractivity contribution in [3.8, 4) is 0 Å². The lowest BCUT2D eigenvalue weighted by atomic mass is 10.1. The first-order chi connectivity index (χ1) is 9.97. The van der Waals surface area contributed by atoms with E-state index in [0.717, 1.165) is 16.8 Å². The largest absolute Gasteiger partial charge is 0.332 e. The molecule has 3 nitrogen and oxygen atoms in total. The van der Waals surface area contributed by atoms with Crippen LogP contribution in [0.25, 0.3) is 0 Å². The first-order valence-electron chi connectivity index (χ1n) is 6.41. The Kier molecular flexibility index (Phi) is 4.94. The number of benzene rings is 2. The van der Waals surface area contributed by atoms with Crippen LogP contribution in [-0.2, 0) is 0 Å². The first-order valence-corrected chi connectivity index (χ1v) is 7.20. The van der Waals surface area contributed by atoms with Crippen molar-refractivity contribution in [1.29, 1.82) is 0 Å². The Labute approximate surface area is 134 Å². The van der Waals surface area contributed by atoms with Gasteiger partial charge in [0.25, 0.3) is 5.91 Å². The first kappa shape index (κ1) is 15.5. The molecule has 2 N–H and O–H groups in total. The second-order valence-corrected chi connectivity index (χ2v) is 5.51. The number of thiocarbonyl (C=S) groups is 1. The van der Waals surface area contributed by atoms with Gasteiger partial charge in [0.1, 0.15) is 0 Å². The molecule has 0 aliphatic carbocycles. The van der Waals surface area contributed by atoms with Crippen LogP contribution in [0.15, 0.2) is 42.5 Å². The number of carbonyl (C=O) groups is 1. The smallest absolute Gasteiger partial charge is 0.257 e.